The van der Waals surface area contributed by atoms with Crippen LogP contribution in [0.25, 0.3) is 0 Å². The van der Waals surface area contributed by atoms with E-state index in [1.165, 1.54) is 0 Å². The summed E-state index contributed by atoms with van der Waals surface area (Å²) in [6.07, 6.45) is 1.20. The van der Waals surface area contributed by atoms with Crippen LogP contribution in [0.4, 0.5) is 0 Å². The highest BCUT2D eigenvalue weighted by Crippen LogP contribution is 2.29. The molecule has 106 valence electrons. The normalized spacial score (nSPS) is 12.8. The lowest BCUT2D eigenvalue weighted by Crippen LogP contribution is -2.20. The van der Waals surface area contributed by atoms with Crippen LogP contribution in [0.15, 0.2) is 35.4 Å². The fourth-order valence-electron chi connectivity index (χ4n) is 2.38. The van der Waals surface area contributed by atoms with Gasteiger partial charge in [0.25, 0.3) is 0 Å². The summed E-state index contributed by atoms with van der Waals surface area (Å²) in [5.74, 6) is -1.18. The van der Waals surface area contributed by atoms with Gasteiger partial charge in [0.2, 0.25) is 0 Å². The average molecular weight is 274 g/mol. The standard InChI is InChI=1S/C16H18O4/c1-3-19-15(17)14(16(18)20-4-2)13-9-11-7-5-6-8-12(11)10-13/h5-8H,3-4,9-10H2,1-2H3. The minimum atomic E-state index is -0.589. The molecule has 4 heteroatoms. The SMILES string of the molecule is CCOC(=O)C(C(=O)OCC)=C1Cc2ccccc2C1. The van der Waals surface area contributed by atoms with E-state index in [2.05, 4.69) is 0 Å². The number of benzene rings is 1. The van der Waals surface area contributed by atoms with Gasteiger partial charge >= 0.3 is 11.9 Å². The maximum absolute atomic E-state index is 12.0. The van der Waals surface area contributed by atoms with Crippen LogP contribution >= 0.6 is 0 Å². The van der Waals surface area contributed by atoms with E-state index in [0.717, 1.165) is 16.7 Å². The van der Waals surface area contributed by atoms with Gasteiger partial charge in [-0.15, -0.1) is 0 Å². The van der Waals surface area contributed by atoms with Gasteiger partial charge in [0.1, 0.15) is 5.57 Å². The van der Waals surface area contributed by atoms with E-state index in [1.54, 1.807) is 13.8 Å². The molecule has 0 spiro atoms. The lowest BCUT2D eigenvalue weighted by atomic mass is 10.1. The molecule has 20 heavy (non-hydrogen) atoms. The van der Waals surface area contributed by atoms with Crippen LogP contribution in [0.5, 0.6) is 0 Å². The molecule has 0 bridgehead atoms. The van der Waals surface area contributed by atoms with Crippen molar-refractivity contribution in [2.75, 3.05) is 13.2 Å². The Morgan fingerprint density at radius 2 is 1.40 bits per heavy atom. The molecule has 1 aliphatic carbocycles. The van der Waals surface area contributed by atoms with Crippen molar-refractivity contribution in [3.8, 4) is 0 Å². The Morgan fingerprint density at radius 1 is 0.950 bits per heavy atom. The van der Waals surface area contributed by atoms with E-state index < -0.39 is 11.9 Å². The number of fused-ring (bicyclic) bond motifs is 1. The molecule has 0 aromatic heterocycles. The van der Waals surface area contributed by atoms with E-state index in [9.17, 15) is 9.59 Å². The van der Waals surface area contributed by atoms with Crippen molar-refractivity contribution in [1.82, 2.24) is 0 Å². The molecule has 0 amide bonds. The zero-order valence-corrected chi connectivity index (χ0v) is 11.8. The fraction of sp³-hybridized carbons (Fsp3) is 0.375. The maximum Gasteiger partial charge on any atom is 0.345 e. The number of hydrogen-bond donors (Lipinski definition) is 0. The smallest absolute Gasteiger partial charge is 0.345 e. The van der Waals surface area contributed by atoms with Crippen molar-refractivity contribution in [3.05, 3.63) is 46.5 Å². The molecule has 1 aromatic carbocycles. The third-order valence-electron chi connectivity index (χ3n) is 3.24. The van der Waals surface area contributed by atoms with E-state index in [1.807, 2.05) is 24.3 Å². The third-order valence-corrected chi connectivity index (χ3v) is 3.24. The third kappa shape index (κ3) is 2.90. The lowest BCUT2D eigenvalue weighted by Gasteiger charge is -2.09. The van der Waals surface area contributed by atoms with Gasteiger partial charge in [0, 0.05) is 0 Å². The molecule has 2 rings (SSSR count). The summed E-state index contributed by atoms with van der Waals surface area (Å²) in [5, 5.41) is 0. The molecule has 0 fully saturated rings. The molecule has 1 aromatic rings. The lowest BCUT2D eigenvalue weighted by molar-refractivity contribution is -0.146. The molecule has 0 saturated carbocycles. The van der Waals surface area contributed by atoms with Gasteiger partial charge < -0.3 is 9.47 Å². The summed E-state index contributed by atoms with van der Waals surface area (Å²) >= 11 is 0. The fourth-order valence-corrected chi connectivity index (χ4v) is 2.38. The molecule has 0 aliphatic heterocycles. The first-order valence-corrected chi connectivity index (χ1v) is 6.80. The second kappa shape index (κ2) is 6.37. The Hall–Kier alpha value is -2.10. The van der Waals surface area contributed by atoms with Crippen LogP contribution in [0.1, 0.15) is 25.0 Å². The molecule has 0 heterocycles. The summed E-state index contributed by atoms with van der Waals surface area (Å²) in [6, 6.07) is 7.93. The highest BCUT2D eigenvalue weighted by molar-refractivity contribution is 6.15. The molecular formula is C16H18O4. The Kier molecular flexibility index (Phi) is 4.56. The van der Waals surface area contributed by atoms with Crippen molar-refractivity contribution in [2.45, 2.75) is 26.7 Å². The van der Waals surface area contributed by atoms with Crippen molar-refractivity contribution in [2.24, 2.45) is 0 Å². The van der Waals surface area contributed by atoms with Gasteiger partial charge in [0.05, 0.1) is 13.2 Å². The van der Waals surface area contributed by atoms with E-state index in [-0.39, 0.29) is 18.8 Å². The minimum absolute atomic E-state index is 0.0601. The van der Waals surface area contributed by atoms with Crippen molar-refractivity contribution < 1.29 is 19.1 Å². The van der Waals surface area contributed by atoms with Gasteiger partial charge in [-0.1, -0.05) is 24.3 Å². The van der Waals surface area contributed by atoms with Crippen molar-refractivity contribution in [3.63, 3.8) is 0 Å². The Labute approximate surface area is 118 Å². The second-order valence-corrected chi connectivity index (χ2v) is 4.54. The van der Waals surface area contributed by atoms with Crippen LogP contribution in [-0.2, 0) is 31.9 Å². The molecule has 4 nitrogen and oxygen atoms in total. The van der Waals surface area contributed by atoms with E-state index in [4.69, 9.17) is 9.47 Å². The Morgan fingerprint density at radius 3 is 1.80 bits per heavy atom. The topological polar surface area (TPSA) is 52.6 Å². The maximum atomic E-state index is 12.0. The van der Waals surface area contributed by atoms with Crippen LogP contribution in [0.2, 0.25) is 0 Å². The van der Waals surface area contributed by atoms with E-state index >= 15 is 0 Å². The monoisotopic (exact) mass is 274 g/mol. The van der Waals surface area contributed by atoms with Crippen LogP contribution < -0.4 is 0 Å². The first kappa shape index (κ1) is 14.3. The molecule has 0 atom stereocenters. The average Bonchev–Trinajstić information content (AvgIpc) is 2.82. The van der Waals surface area contributed by atoms with Gasteiger partial charge in [-0.05, 0) is 43.4 Å². The number of hydrogen-bond acceptors (Lipinski definition) is 4. The highest BCUT2D eigenvalue weighted by atomic mass is 16.6. The van der Waals surface area contributed by atoms with Gasteiger partial charge in [-0.3, -0.25) is 0 Å². The number of esters is 2. The zero-order chi connectivity index (χ0) is 14.5. The molecule has 1 aliphatic rings. The number of rotatable bonds is 4. The van der Waals surface area contributed by atoms with E-state index in [0.29, 0.717) is 12.8 Å². The second-order valence-electron chi connectivity index (χ2n) is 4.54. The molecular weight excluding hydrogens is 256 g/mol. The molecule has 0 N–H and O–H groups in total. The Balaban J connectivity index is 2.34. The highest BCUT2D eigenvalue weighted by Gasteiger charge is 2.29. The van der Waals surface area contributed by atoms with Crippen molar-refractivity contribution in [1.29, 1.82) is 0 Å². The summed E-state index contributed by atoms with van der Waals surface area (Å²) in [5.41, 5.74) is 3.13. The minimum Gasteiger partial charge on any atom is -0.462 e. The summed E-state index contributed by atoms with van der Waals surface area (Å²) < 4.78 is 9.97. The zero-order valence-electron chi connectivity index (χ0n) is 11.8. The molecule has 0 unspecified atom stereocenters. The van der Waals surface area contributed by atoms with Gasteiger partial charge in [-0.2, -0.15) is 0 Å². The predicted octanol–water partition coefficient (Wildman–Crippen LogP) is 2.21. The molecule has 0 saturated heterocycles. The van der Waals surface area contributed by atoms with Crippen LogP contribution in [0.3, 0.4) is 0 Å². The summed E-state index contributed by atoms with van der Waals surface area (Å²) in [7, 11) is 0. The Bertz CT molecular complexity index is 510. The first-order valence-electron chi connectivity index (χ1n) is 6.80. The van der Waals surface area contributed by atoms with Gasteiger partial charge in [0.15, 0.2) is 0 Å². The quantitative estimate of drug-likeness (QED) is 0.365. The number of carbonyl (C=O) groups excluding carboxylic acids is 2. The van der Waals surface area contributed by atoms with Gasteiger partial charge in [-0.25, -0.2) is 9.59 Å². The van der Waals surface area contributed by atoms with Crippen LogP contribution in [-0.4, -0.2) is 25.2 Å². The number of allylic oxidation sites excluding steroid dienone is 1. The van der Waals surface area contributed by atoms with Crippen molar-refractivity contribution >= 4 is 11.9 Å². The summed E-state index contributed by atoms with van der Waals surface area (Å²) in [4.78, 5) is 24.0. The predicted molar refractivity (Wildman–Crippen MR) is 74.1 cm³/mol. The number of ether oxygens (including phenoxy) is 2. The molecule has 0 radical (unpaired) electrons. The summed E-state index contributed by atoms with van der Waals surface area (Å²) in [6.45, 7) is 3.91. The number of carbonyl (C=O) groups is 2. The first-order chi connectivity index (χ1) is 9.67. The van der Waals surface area contributed by atoms with Crippen LogP contribution in [0, 0.1) is 0 Å². The largest absolute Gasteiger partial charge is 0.462 e.